The lowest BCUT2D eigenvalue weighted by Gasteiger charge is -2.22. The molecular weight excluding hydrogens is 265 g/mol. The van der Waals surface area contributed by atoms with E-state index in [9.17, 15) is 4.39 Å². The van der Waals surface area contributed by atoms with E-state index in [-0.39, 0.29) is 17.0 Å². The number of hydrogen-bond donors (Lipinski definition) is 1. The first-order valence-electron chi connectivity index (χ1n) is 7.12. The van der Waals surface area contributed by atoms with Crippen LogP contribution in [0.5, 0.6) is 11.5 Å². The lowest BCUT2D eigenvalue weighted by atomic mass is 9.86. The second kappa shape index (κ2) is 6.27. The van der Waals surface area contributed by atoms with Gasteiger partial charge in [0.05, 0.1) is 0 Å². The summed E-state index contributed by atoms with van der Waals surface area (Å²) in [5, 5.41) is 3.00. The van der Waals surface area contributed by atoms with Crippen LogP contribution >= 0.6 is 0 Å². The molecule has 2 aromatic carbocycles. The average Bonchev–Trinajstić information content (AvgIpc) is 2.42. The van der Waals surface area contributed by atoms with Crippen LogP contribution < -0.4 is 10.1 Å². The van der Waals surface area contributed by atoms with E-state index in [1.165, 1.54) is 6.07 Å². The van der Waals surface area contributed by atoms with Crippen molar-refractivity contribution in [3.8, 4) is 11.5 Å². The maximum atomic E-state index is 14.1. The Labute approximate surface area is 126 Å². The summed E-state index contributed by atoms with van der Waals surface area (Å²) in [6.45, 7) is 6.97. The fourth-order valence-corrected chi connectivity index (χ4v) is 2.23. The molecule has 0 saturated heterocycles. The molecule has 2 aromatic rings. The third kappa shape index (κ3) is 3.82. The standard InChI is InChI=1S/C18H22FNO/c1-18(2,3)14-7-5-6-8-16(14)21-17-10-9-13(12-20-4)11-15(17)19/h5-11,20H,12H2,1-4H3. The lowest BCUT2D eigenvalue weighted by Crippen LogP contribution is -2.12. The molecule has 0 amide bonds. The highest BCUT2D eigenvalue weighted by molar-refractivity contribution is 5.42. The van der Waals surface area contributed by atoms with E-state index in [0.29, 0.717) is 12.3 Å². The fourth-order valence-electron chi connectivity index (χ4n) is 2.23. The first kappa shape index (κ1) is 15.5. The normalized spacial score (nSPS) is 11.5. The van der Waals surface area contributed by atoms with E-state index in [4.69, 9.17) is 4.74 Å². The van der Waals surface area contributed by atoms with Crippen LogP contribution in [0.2, 0.25) is 0 Å². The molecule has 0 aromatic heterocycles. The summed E-state index contributed by atoms with van der Waals surface area (Å²) in [4.78, 5) is 0. The molecule has 2 rings (SSSR count). The molecule has 0 radical (unpaired) electrons. The number of para-hydroxylation sites is 1. The van der Waals surface area contributed by atoms with Crippen LogP contribution in [0, 0.1) is 5.82 Å². The van der Waals surface area contributed by atoms with E-state index < -0.39 is 0 Å². The van der Waals surface area contributed by atoms with Gasteiger partial charge in [-0.25, -0.2) is 4.39 Å². The smallest absolute Gasteiger partial charge is 0.166 e. The van der Waals surface area contributed by atoms with Crippen molar-refractivity contribution in [3.05, 3.63) is 59.4 Å². The largest absolute Gasteiger partial charge is 0.454 e. The average molecular weight is 287 g/mol. The van der Waals surface area contributed by atoms with Crippen molar-refractivity contribution in [1.82, 2.24) is 5.32 Å². The van der Waals surface area contributed by atoms with Crippen LogP contribution in [0.4, 0.5) is 4.39 Å². The maximum absolute atomic E-state index is 14.1. The number of halogens is 1. The molecule has 0 aliphatic heterocycles. The molecule has 0 unspecified atom stereocenters. The highest BCUT2D eigenvalue weighted by Gasteiger charge is 2.19. The number of nitrogens with one attached hydrogen (secondary N) is 1. The van der Waals surface area contributed by atoms with Gasteiger partial charge in [-0.05, 0) is 36.2 Å². The summed E-state index contributed by atoms with van der Waals surface area (Å²) < 4.78 is 19.9. The molecule has 2 nitrogen and oxygen atoms in total. The first-order valence-corrected chi connectivity index (χ1v) is 7.12. The van der Waals surface area contributed by atoms with Gasteiger partial charge < -0.3 is 10.1 Å². The van der Waals surface area contributed by atoms with Crippen LogP contribution in [0.3, 0.4) is 0 Å². The van der Waals surface area contributed by atoms with Gasteiger partial charge in [0.15, 0.2) is 11.6 Å². The van der Waals surface area contributed by atoms with E-state index in [1.54, 1.807) is 6.07 Å². The first-order chi connectivity index (χ1) is 9.91. The number of hydrogen-bond acceptors (Lipinski definition) is 2. The van der Waals surface area contributed by atoms with Crippen molar-refractivity contribution in [3.63, 3.8) is 0 Å². The lowest BCUT2D eigenvalue weighted by molar-refractivity contribution is 0.424. The Morgan fingerprint density at radius 2 is 1.76 bits per heavy atom. The zero-order valence-electron chi connectivity index (χ0n) is 13.0. The van der Waals surface area contributed by atoms with Crippen molar-refractivity contribution in [2.45, 2.75) is 32.7 Å². The Morgan fingerprint density at radius 1 is 1.05 bits per heavy atom. The van der Waals surface area contributed by atoms with Gasteiger partial charge in [-0.15, -0.1) is 0 Å². The van der Waals surface area contributed by atoms with E-state index in [2.05, 4.69) is 26.1 Å². The number of ether oxygens (including phenoxy) is 1. The van der Waals surface area contributed by atoms with Crippen molar-refractivity contribution in [2.24, 2.45) is 0 Å². The van der Waals surface area contributed by atoms with Crippen LogP contribution in [0.25, 0.3) is 0 Å². The zero-order chi connectivity index (χ0) is 15.5. The van der Waals surface area contributed by atoms with Gasteiger partial charge in [0, 0.05) is 12.1 Å². The minimum absolute atomic E-state index is 0.0564. The molecular formula is C18H22FNO. The molecule has 0 aliphatic carbocycles. The van der Waals surface area contributed by atoms with Gasteiger partial charge in [0.2, 0.25) is 0 Å². The van der Waals surface area contributed by atoms with Crippen molar-refractivity contribution in [2.75, 3.05) is 7.05 Å². The summed E-state index contributed by atoms with van der Waals surface area (Å²) in [6, 6.07) is 12.8. The second-order valence-electron chi connectivity index (χ2n) is 6.14. The van der Waals surface area contributed by atoms with Crippen LogP contribution in [-0.4, -0.2) is 7.05 Å². The van der Waals surface area contributed by atoms with Crippen molar-refractivity contribution >= 4 is 0 Å². The highest BCUT2D eigenvalue weighted by Crippen LogP contribution is 2.34. The molecule has 0 saturated carbocycles. The fraction of sp³-hybridized carbons (Fsp3) is 0.333. The molecule has 0 spiro atoms. The second-order valence-corrected chi connectivity index (χ2v) is 6.14. The van der Waals surface area contributed by atoms with Gasteiger partial charge in [-0.3, -0.25) is 0 Å². The van der Waals surface area contributed by atoms with E-state index in [0.717, 1.165) is 11.1 Å². The van der Waals surface area contributed by atoms with Gasteiger partial charge in [-0.2, -0.15) is 0 Å². The summed E-state index contributed by atoms with van der Waals surface area (Å²) in [5.74, 6) is 0.614. The minimum atomic E-state index is -0.341. The summed E-state index contributed by atoms with van der Waals surface area (Å²) in [7, 11) is 1.84. The van der Waals surface area contributed by atoms with E-state index >= 15 is 0 Å². The van der Waals surface area contributed by atoms with Crippen molar-refractivity contribution in [1.29, 1.82) is 0 Å². The molecule has 0 fully saturated rings. The van der Waals surface area contributed by atoms with E-state index in [1.807, 2.05) is 37.4 Å². The minimum Gasteiger partial charge on any atom is -0.454 e. The highest BCUT2D eigenvalue weighted by atomic mass is 19.1. The number of benzene rings is 2. The maximum Gasteiger partial charge on any atom is 0.166 e. The topological polar surface area (TPSA) is 21.3 Å². The molecule has 21 heavy (non-hydrogen) atoms. The van der Waals surface area contributed by atoms with Crippen LogP contribution in [-0.2, 0) is 12.0 Å². The Balaban J connectivity index is 2.31. The monoisotopic (exact) mass is 287 g/mol. The molecule has 0 aliphatic rings. The molecule has 112 valence electrons. The van der Waals surface area contributed by atoms with Crippen LogP contribution in [0.15, 0.2) is 42.5 Å². The summed E-state index contributed by atoms with van der Waals surface area (Å²) in [5.41, 5.74) is 1.90. The predicted molar refractivity (Wildman–Crippen MR) is 84.4 cm³/mol. The third-order valence-corrected chi connectivity index (χ3v) is 3.29. The molecule has 0 atom stereocenters. The Morgan fingerprint density at radius 3 is 2.38 bits per heavy atom. The van der Waals surface area contributed by atoms with Gasteiger partial charge in [0.25, 0.3) is 0 Å². The predicted octanol–water partition coefficient (Wildman–Crippen LogP) is 4.63. The van der Waals surface area contributed by atoms with Gasteiger partial charge in [0.1, 0.15) is 5.75 Å². The quantitative estimate of drug-likeness (QED) is 0.885. The Hall–Kier alpha value is -1.87. The zero-order valence-corrected chi connectivity index (χ0v) is 13.0. The van der Waals surface area contributed by atoms with Crippen molar-refractivity contribution < 1.29 is 9.13 Å². The SMILES string of the molecule is CNCc1ccc(Oc2ccccc2C(C)(C)C)c(F)c1. The molecule has 0 bridgehead atoms. The van der Waals surface area contributed by atoms with Gasteiger partial charge in [-0.1, -0.05) is 45.0 Å². The summed E-state index contributed by atoms with van der Waals surface area (Å²) in [6.07, 6.45) is 0. The summed E-state index contributed by atoms with van der Waals surface area (Å²) >= 11 is 0. The van der Waals surface area contributed by atoms with Gasteiger partial charge >= 0.3 is 0 Å². The molecule has 1 N–H and O–H groups in total. The molecule has 0 heterocycles. The number of rotatable bonds is 4. The van der Waals surface area contributed by atoms with Crippen LogP contribution in [0.1, 0.15) is 31.9 Å². The third-order valence-electron chi connectivity index (χ3n) is 3.29. The molecule has 3 heteroatoms. The Bertz CT molecular complexity index is 617. The Kier molecular flexibility index (Phi) is 4.63.